The van der Waals surface area contributed by atoms with Crippen LogP contribution < -0.4 is 20.1 Å². The minimum Gasteiger partial charge on any atom is -0.480 e. The van der Waals surface area contributed by atoms with Crippen molar-refractivity contribution in [2.24, 2.45) is 5.92 Å². The van der Waals surface area contributed by atoms with Gasteiger partial charge in [-0.1, -0.05) is 11.6 Å². The van der Waals surface area contributed by atoms with Crippen molar-refractivity contribution in [3.63, 3.8) is 0 Å². The summed E-state index contributed by atoms with van der Waals surface area (Å²) in [5.74, 6) is 0.930. The van der Waals surface area contributed by atoms with Crippen LogP contribution in [0.25, 0.3) is 0 Å². The van der Waals surface area contributed by atoms with Crippen molar-refractivity contribution < 1.29 is 24.2 Å². The minimum atomic E-state index is -0.803. The van der Waals surface area contributed by atoms with Crippen molar-refractivity contribution in [3.05, 3.63) is 17.2 Å². The molecule has 3 aliphatic rings. The lowest BCUT2D eigenvalue weighted by Gasteiger charge is -2.42. The molecule has 2 amide bonds. The fourth-order valence-corrected chi connectivity index (χ4v) is 3.71. The fourth-order valence-electron chi connectivity index (χ4n) is 3.51. The largest absolute Gasteiger partial charge is 0.480 e. The quantitative estimate of drug-likeness (QED) is 0.656. The molecule has 2 fully saturated rings. The van der Waals surface area contributed by atoms with E-state index in [9.17, 15) is 9.59 Å². The number of amides is 2. The van der Waals surface area contributed by atoms with Gasteiger partial charge in [-0.3, -0.25) is 9.69 Å². The van der Waals surface area contributed by atoms with Gasteiger partial charge >= 0.3 is 12.0 Å². The van der Waals surface area contributed by atoms with Gasteiger partial charge in [0.25, 0.3) is 0 Å². The highest BCUT2D eigenvalue weighted by Crippen LogP contribution is 2.39. The number of halogens is 1. The lowest BCUT2D eigenvalue weighted by molar-refractivity contribution is -0.139. The number of hydrogen-bond acceptors (Lipinski definition) is 5. The van der Waals surface area contributed by atoms with Gasteiger partial charge in [0.1, 0.15) is 0 Å². The molecule has 8 nitrogen and oxygen atoms in total. The van der Waals surface area contributed by atoms with Crippen LogP contribution in [-0.4, -0.2) is 54.0 Å². The Balaban J connectivity index is 1.27. The van der Waals surface area contributed by atoms with Crippen LogP contribution in [0.3, 0.4) is 0 Å². The number of ether oxygens (including phenoxy) is 2. The Kier molecular flexibility index (Phi) is 5.01. The number of urea groups is 1. The molecule has 1 aliphatic heterocycles. The van der Waals surface area contributed by atoms with Crippen LogP contribution in [0, 0.1) is 5.92 Å². The van der Waals surface area contributed by atoms with Gasteiger partial charge in [-0.25, -0.2) is 4.79 Å². The number of nitrogens with one attached hydrogen (secondary N) is 2. The molecule has 2 saturated carbocycles. The first kappa shape index (κ1) is 18.2. The van der Waals surface area contributed by atoms with Crippen LogP contribution in [0.5, 0.6) is 11.5 Å². The van der Waals surface area contributed by atoms with Crippen LogP contribution in [0.15, 0.2) is 12.1 Å². The molecule has 0 saturated heterocycles. The van der Waals surface area contributed by atoms with Crippen molar-refractivity contribution in [2.75, 3.05) is 25.2 Å². The highest BCUT2D eigenvalue weighted by atomic mass is 35.5. The summed E-state index contributed by atoms with van der Waals surface area (Å²) in [6.45, 7) is 1.04. The number of hydrogen-bond donors (Lipinski definition) is 3. The van der Waals surface area contributed by atoms with Crippen molar-refractivity contribution in [3.8, 4) is 11.5 Å². The number of benzene rings is 1. The molecule has 0 spiro atoms. The average molecular weight is 396 g/mol. The molecule has 27 heavy (non-hydrogen) atoms. The van der Waals surface area contributed by atoms with Crippen molar-refractivity contribution >= 4 is 29.3 Å². The number of aliphatic carboxylic acids is 1. The zero-order valence-corrected chi connectivity index (χ0v) is 15.5. The first-order valence-electron chi connectivity index (χ1n) is 9.10. The van der Waals surface area contributed by atoms with Crippen LogP contribution in [0.4, 0.5) is 10.5 Å². The summed E-state index contributed by atoms with van der Waals surface area (Å²) < 4.78 is 10.5. The lowest BCUT2D eigenvalue weighted by atomic mass is 9.85. The Hall–Kier alpha value is -2.19. The zero-order chi connectivity index (χ0) is 19.0. The average Bonchev–Trinajstić information content (AvgIpc) is 3.26. The van der Waals surface area contributed by atoms with E-state index >= 15 is 0 Å². The maximum atomic E-state index is 12.2. The van der Waals surface area contributed by atoms with E-state index in [0.29, 0.717) is 28.1 Å². The van der Waals surface area contributed by atoms with Gasteiger partial charge in [0, 0.05) is 30.8 Å². The van der Waals surface area contributed by atoms with Crippen molar-refractivity contribution in [1.29, 1.82) is 0 Å². The summed E-state index contributed by atoms with van der Waals surface area (Å²) in [7, 11) is 0. The van der Waals surface area contributed by atoms with Crippen molar-refractivity contribution in [2.45, 2.75) is 37.8 Å². The molecule has 1 heterocycles. The van der Waals surface area contributed by atoms with Crippen LogP contribution in [0.2, 0.25) is 5.02 Å². The number of fused-ring (bicyclic) bond motifs is 1. The summed E-state index contributed by atoms with van der Waals surface area (Å²) >= 11 is 6.16. The van der Waals surface area contributed by atoms with Gasteiger partial charge in [0.15, 0.2) is 11.5 Å². The van der Waals surface area contributed by atoms with E-state index in [1.807, 2.05) is 4.90 Å². The highest BCUT2D eigenvalue weighted by Gasteiger charge is 2.37. The number of nitrogens with zero attached hydrogens (tertiary/aromatic N) is 1. The number of carboxylic acid groups (broad SMARTS) is 1. The van der Waals surface area contributed by atoms with Gasteiger partial charge < -0.3 is 25.2 Å². The number of carboxylic acids is 1. The minimum absolute atomic E-state index is 0.0262. The Morgan fingerprint density at radius 1 is 1.22 bits per heavy atom. The molecule has 0 unspecified atom stereocenters. The van der Waals surface area contributed by atoms with E-state index in [1.165, 1.54) is 12.8 Å². The predicted molar refractivity (Wildman–Crippen MR) is 98.5 cm³/mol. The van der Waals surface area contributed by atoms with Gasteiger partial charge in [-0.2, -0.15) is 0 Å². The van der Waals surface area contributed by atoms with E-state index < -0.39 is 5.97 Å². The summed E-state index contributed by atoms with van der Waals surface area (Å²) in [6, 6.07) is 3.14. The third kappa shape index (κ3) is 4.39. The molecule has 0 bridgehead atoms. The third-order valence-electron chi connectivity index (χ3n) is 5.20. The van der Waals surface area contributed by atoms with Gasteiger partial charge in [0.2, 0.25) is 6.79 Å². The normalized spacial score (nSPS) is 23.0. The van der Waals surface area contributed by atoms with Gasteiger partial charge in [-0.05, 0) is 31.6 Å². The summed E-state index contributed by atoms with van der Waals surface area (Å²) in [6.07, 6.45) is 3.87. The smallest absolute Gasteiger partial charge is 0.319 e. The van der Waals surface area contributed by atoms with E-state index in [4.69, 9.17) is 26.2 Å². The molecule has 1 aromatic carbocycles. The Bertz CT molecular complexity index is 749. The molecule has 0 aromatic heterocycles. The maximum absolute atomic E-state index is 12.2. The first-order valence-corrected chi connectivity index (χ1v) is 9.48. The molecule has 4 rings (SSSR count). The van der Waals surface area contributed by atoms with Crippen LogP contribution in [0.1, 0.15) is 25.7 Å². The predicted octanol–water partition coefficient (Wildman–Crippen LogP) is 2.52. The molecule has 0 atom stereocenters. The molecule has 9 heteroatoms. The molecule has 0 radical (unpaired) electrons. The van der Waals surface area contributed by atoms with Crippen LogP contribution in [-0.2, 0) is 4.79 Å². The van der Waals surface area contributed by atoms with Crippen molar-refractivity contribution in [1.82, 2.24) is 10.2 Å². The molecule has 146 valence electrons. The van der Waals surface area contributed by atoms with Gasteiger partial charge in [-0.15, -0.1) is 0 Å². The highest BCUT2D eigenvalue weighted by molar-refractivity contribution is 6.34. The second-order valence-corrected chi connectivity index (χ2v) is 7.78. The second-order valence-electron chi connectivity index (χ2n) is 7.37. The lowest BCUT2D eigenvalue weighted by Crippen LogP contribution is -2.55. The SMILES string of the molecule is O=C(O)CN(CC1CC1)C1CC(NC(=O)Nc2cc3c(cc2Cl)OCO3)C1. The van der Waals surface area contributed by atoms with E-state index in [1.54, 1.807) is 12.1 Å². The zero-order valence-electron chi connectivity index (χ0n) is 14.7. The third-order valence-corrected chi connectivity index (χ3v) is 5.52. The molecular weight excluding hydrogens is 374 g/mol. The van der Waals surface area contributed by atoms with E-state index in [2.05, 4.69) is 10.6 Å². The van der Waals surface area contributed by atoms with Crippen LogP contribution >= 0.6 is 11.6 Å². The monoisotopic (exact) mass is 395 g/mol. The van der Waals surface area contributed by atoms with E-state index in [0.717, 1.165) is 19.4 Å². The molecular formula is C18H22ClN3O5. The summed E-state index contributed by atoms with van der Waals surface area (Å²) in [5.41, 5.74) is 0.454. The Morgan fingerprint density at radius 3 is 2.59 bits per heavy atom. The fraction of sp³-hybridized carbons (Fsp3) is 0.556. The molecule has 2 aliphatic carbocycles. The molecule has 1 aromatic rings. The molecule has 3 N–H and O–H groups in total. The maximum Gasteiger partial charge on any atom is 0.319 e. The number of carbonyl (C=O) groups excluding carboxylic acids is 1. The Morgan fingerprint density at radius 2 is 1.93 bits per heavy atom. The first-order chi connectivity index (χ1) is 13.0. The van der Waals surface area contributed by atoms with Gasteiger partial charge in [0.05, 0.1) is 17.3 Å². The standard InChI is InChI=1S/C18H22ClN3O5/c19-13-5-15-16(27-9-26-15)6-14(13)21-18(25)20-11-3-12(4-11)22(8-17(23)24)7-10-1-2-10/h5-6,10-12H,1-4,7-9H2,(H,23,24)(H2,20,21,25). The van der Waals surface area contributed by atoms with E-state index in [-0.39, 0.29) is 31.5 Å². The Labute approximate surface area is 161 Å². The summed E-state index contributed by atoms with van der Waals surface area (Å²) in [5, 5.41) is 15.1. The number of carbonyl (C=O) groups is 2. The second kappa shape index (κ2) is 7.44. The summed E-state index contributed by atoms with van der Waals surface area (Å²) in [4.78, 5) is 25.4. The number of rotatable bonds is 7. The number of anilines is 1. The topological polar surface area (TPSA) is 100 Å².